The van der Waals surface area contributed by atoms with Gasteiger partial charge in [0.25, 0.3) is 0 Å². The van der Waals surface area contributed by atoms with E-state index in [1.165, 1.54) is 4.80 Å². The van der Waals surface area contributed by atoms with Gasteiger partial charge >= 0.3 is 0 Å². The van der Waals surface area contributed by atoms with E-state index in [-0.39, 0.29) is 12.5 Å². The Labute approximate surface area is 134 Å². The lowest BCUT2D eigenvalue weighted by Crippen LogP contribution is -2.28. The van der Waals surface area contributed by atoms with Gasteiger partial charge in [-0.3, -0.25) is 4.79 Å². The van der Waals surface area contributed by atoms with E-state index in [9.17, 15) is 4.79 Å². The molecule has 23 heavy (non-hydrogen) atoms. The van der Waals surface area contributed by atoms with Gasteiger partial charge in [-0.15, -0.1) is 10.2 Å². The van der Waals surface area contributed by atoms with Crippen molar-refractivity contribution in [2.24, 2.45) is 0 Å². The number of carbonyl (C=O) groups excluding carboxylic acids is 1. The first-order valence-corrected chi connectivity index (χ1v) is 7.37. The van der Waals surface area contributed by atoms with Crippen molar-refractivity contribution in [3.05, 3.63) is 65.7 Å². The van der Waals surface area contributed by atoms with Gasteiger partial charge < -0.3 is 5.32 Å². The molecule has 0 unspecified atom stereocenters. The van der Waals surface area contributed by atoms with Crippen molar-refractivity contribution in [2.75, 3.05) is 0 Å². The summed E-state index contributed by atoms with van der Waals surface area (Å²) in [6.45, 7) is 2.56. The number of hydrogen-bond donors (Lipinski definition) is 1. The minimum Gasteiger partial charge on any atom is -0.350 e. The lowest BCUT2D eigenvalue weighted by Gasteiger charge is -2.07. The van der Waals surface area contributed by atoms with E-state index in [4.69, 9.17) is 0 Å². The second-order valence-corrected chi connectivity index (χ2v) is 5.21. The van der Waals surface area contributed by atoms with Gasteiger partial charge in [0.2, 0.25) is 11.7 Å². The summed E-state index contributed by atoms with van der Waals surface area (Å²) in [5, 5.41) is 15.0. The molecule has 0 aliphatic rings. The maximum absolute atomic E-state index is 12.0. The molecule has 1 N–H and O–H groups in total. The van der Waals surface area contributed by atoms with Crippen LogP contribution in [0.4, 0.5) is 0 Å². The third-order valence-corrected chi connectivity index (χ3v) is 3.51. The molecule has 116 valence electrons. The number of hydrogen-bond acceptors (Lipinski definition) is 4. The van der Waals surface area contributed by atoms with Crippen LogP contribution in [0.5, 0.6) is 0 Å². The highest BCUT2D eigenvalue weighted by Crippen LogP contribution is 2.11. The Kier molecular flexibility index (Phi) is 4.42. The number of nitrogens with zero attached hydrogens (tertiary/aromatic N) is 4. The molecule has 0 saturated heterocycles. The number of benzene rings is 2. The largest absolute Gasteiger partial charge is 0.350 e. The number of rotatable bonds is 5. The molecule has 2 aromatic carbocycles. The van der Waals surface area contributed by atoms with Crippen LogP contribution in [0, 0.1) is 6.92 Å². The lowest BCUT2D eigenvalue weighted by atomic mass is 10.1. The summed E-state index contributed by atoms with van der Waals surface area (Å²) in [5.74, 6) is 0.363. The number of tetrazole rings is 1. The zero-order chi connectivity index (χ0) is 16.1. The molecule has 0 spiro atoms. The first-order chi connectivity index (χ1) is 11.2. The summed E-state index contributed by atoms with van der Waals surface area (Å²) in [4.78, 5) is 13.3. The maximum Gasteiger partial charge on any atom is 0.243 e. The van der Waals surface area contributed by atoms with Gasteiger partial charge in [0.15, 0.2) is 0 Å². The van der Waals surface area contributed by atoms with Gasteiger partial charge in [0, 0.05) is 12.1 Å². The second-order valence-electron chi connectivity index (χ2n) is 5.21. The zero-order valence-electron chi connectivity index (χ0n) is 12.8. The monoisotopic (exact) mass is 307 g/mol. The summed E-state index contributed by atoms with van der Waals surface area (Å²) < 4.78 is 0. The molecule has 1 aromatic heterocycles. The molecule has 0 bridgehead atoms. The van der Waals surface area contributed by atoms with Crippen molar-refractivity contribution in [1.29, 1.82) is 0 Å². The number of aryl methyl sites for hydroxylation is 1. The molecule has 1 amide bonds. The Morgan fingerprint density at radius 1 is 1.09 bits per heavy atom. The van der Waals surface area contributed by atoms with E-state index in [1.54, 1.807) is 0 Å². The highest BCUT2D eigenvalue weighted by Gasteiger charge is 2.09. The number of nitrogens with one attached hydrogen (secondary N) is 1. The molecule has 0 aliphatic carbocycles. The molecule has 0 radical (unpaired) electrons. The van der Waals surface area contributed by atoms with Crippen LogP contribution in [0.2, 0.25) is 0 Å². The second kappa shape index (κ2) is 6.83. The van der Waals surface area contributed by atoms with E-state index in [1.807, 2.05) is 61.5 Å². The Hall–Kier alpha value is -3.02. The summed E-state index contributed by atoms with van der Waals surface area (Å²) in [6, 6.07) is 17.5. The molecule has 0 saturated carbocycles. The van der Waals surface area contributed by atoms with Gasteiger partial charge in [-0.05, 0) is 23.3 Å². The predicted molar refractivity (Wildman–Crippen MR) is 86.3 cm³/mol. The molecule has 1 heterocycles. The van der Waals surface area contributed by atoms with Crippen molar-refractivity contribution in [3.63, 3.8) is 0 Å². The van der Waals surface area contributed by atoms with E-state index >= 15 is 0 Å². The molecule has 3 aromatic rings. The van der Waals surface area contributed by atoms with Crippen molar-refractivity contribution < 1.29 is 4.79 Å². The van der Waals surface area contributed by atoms with E-state index in [2.05, 4.69) is 20.7 Å². The average molecular weight is 307 g/mol. The fourth-order valence-electron chi connectivity index (χ4n) is 2.20. The summed E-state index contributed by atoms with van der Waals surface area (Å²) >= 11 is 0. The van der Waals surface area contributed by atoms with Crippen LogP contribution in [0.3, 0.4) is 0 Å². The van der Waals surface area contributed by atoms with Crippen LogP contribution in [0.1, 0.15) is 11.1 Å². The minimum atomic E-state index is -0.148. The van der Waals surface area contributed by atoms with Crippen molar-refractivity contribution >= 4 is 5.91 Å². The summed E-state index contributed by atoms with van der Waals surface area (Å²) in [5.41, 5.74) is 3.12. The zero-order valence-corrected chi connectivity index (χ0v) is 12.8. The number of amides is 1. The molecule has 0 aliphatic heterocycles. The van der Waals surface area contributed by atoms with Crippen LogP contribution in [0.25, 0.3) is 11.4 Å². The van der Waals surface area contributed by atoms with Gasteiger partial charge in [-0.1, -0.05) is 54.6 Å². The average Bonchev–Trinajstić information content (AvgIpc) is 3.03. The van der Waals surface area contributed by atoms with Crippen LogP contribution in [-0.4, -0.2) is 26.1 Å². The van der Waals surface area contributed by atoms with Gasteiger partial charge in [-0.25, -0.2) is 0 Å². The Bertz CT molecular complexity index is 798. The molecular formula is C17H17N5O. The molecule has 3 rings (SSSR count). The van der Waals surface area contributed by atoms with Crippen LogP contribution in [0.15, 0.2) is 54.6 Å². The quantitative estimate of drug-likeness (QED) is 0.782. The molecule has 0 fully saturated rings. The van der Waals surface area contributed by atoms with Gasteiger partial charge in [0.1, 0.15) is 6.54 Å². The number of carbonyl (C=O) groups is 1. The summed E-state index contributed by atoms with van der Waals surface area (Å²) in [7, 11) is 0. The topological polar surface area (TPSA) is 72.7 Å². The molecule has 0 atom stereocenters. The van der Waals surface area contributed by atoms with Crippen molar-refractivity contribution in [2.45, 2.75) is 20.0 Å². The van der Waals surface area contributed by atoms with Crippen LogP contribution in [-0.2, 0) is 17.9 Å². The smallest absolute Gasteiger partial charge is 0.243 e. The van der Waals surface area contributed by atoms with Crippen LogP contribution >= 0.6 is 0 Å². The first-order valence-electron chi connectivity index (χ1n) is 7.37. The van der Waals surface area contributed by atoms with Gasteiger partial charge in [0.05, 0.1) is 0 Å². The Morgan fingerprint density at radius 2 is 1.83 bits per heavy atom. The highest BCUT2D eigenvalue weighted by molar-refractivity contribution is 5.75. The van der Waals surface area contributed by atoms with Gasteiger partial charge in [-0.2, -0.15) is 4.80 Å². The maximum atomic E-state index is 12.0. The fourth-order valence-corrected chi connectivity index (χ4v) is 2.20. The van der Waals surface area contributed by atoms with E-state index in [0.29, 0.717) is 12.4 Å². The molecule has 6 heteroatoms. The van der Waals surface area contributed by atoms with Crippen LogP contribution < -0.4 is 5.32 Å². The number of aromatic nitrogens is 4. The predicted octanol–water partition coefficient (Wildman–Crippen LogP) is 1.96. The van der Waals surface area contributed by atoms with E-state index < -0.39 is 0 Å². The Balaban J connectivity index is 1.58. The normalized spacial score (nSPS) is 10.5. The highest BCUT2D eigenvalue weighted by atomic mass is 16.2. The van der Waals surface area contributed by atoms with E-state index in [0.717, 1.165) is 16.7 Å². The fraction of sp³-hybridized carbons (Fsp3) is 0.176. The lowest BCUT2D eigenvalue weighted by molar-refractivity contribution is -0.122. The molecular weight excluding hydrogens is 290 g/mol. The Morgan fingerprint density at radius 3 is 2.61 bits per heavy atom. The SMILES string of the molecule is Cc1ccccc1CNC(=O)Cn1nnc(-c2ccccc2)n1. The first kappa shape index (κ1) is 14.9. The minimum absolute atomic E-state index is 0.0473. The molecule has 6 nitrogen and oxygen atoms in total. The third-order valence-electron chi connectivity index (χ3n) is 3.51. The summed E-state index contributed by atoms with van der Waals surface area (Å²) in [6.07, 6.45) is 0. The van der Waals surface area contributed by atoms with Crippen molar-refractivity contribution in [1.82, 2.24) is 25.5 Å². The standard InChI is InChI=1S/C17H17N5O/c1-13-7-5-6-10-15(13)11-18-16(23)12-22-20-17(19-21-22)14-8-3-2-4-9-14/h2-10H,11-12H2,1H3,(H,18,23). The van der Waals surface area contributed by atoms with Crippen molar-refractivity contribution in [3.8, 4) is 11.4 Å². The third kappa shape index (κ3) is 3.79.